The number of thiol groups is 1. The first kappa shape index (κ1) is 15.5. The second-order valence-electron chi connectivity index (χ2n) is 5.53. The third kappa shape index (κ3) is 2.58. The Morgan fingerprint density at radius 3 is 1.76 bits per heavy atom. The fraction of sp³-hybridized carbons (Fsp3) is 0. The van der Waals surface area contributed by atoms with Crippen LogP contribution in [0.25, 0.3) is 11.2 Å². The highest BCUT2D eigenvalue weighted by atomic mass is 32.1. The average Bonchev–Trinajstić information content (AvgIpc) is 2.63. The summed E-state index contributed by atoms with van der Waals surface area (Å²) in [6.45, 7) is 0. The third-order valence-electron chi connectivity index (χ3n) is 3.97. The molecule has 4 aromatic rings. The first-order chi connectivity index (χ1) is 12.2. The van der Waals surface area contributed by atoms with Crippen molar-refractivity contribution in [3.05, 3.63) is 89.0 Å². The second-order valence-corrected chi connectivity index (χ2v) is 6.02. The molecule has 0 saturated carbocycles. The van der Waals surface area contributed by atoms with Gasteiger partial charge in [-0.2, -0.15) is 0 Å². The van der Waals surface area contributed by atoms with E-state index in [2.05, 4.69) is 12.6 Å². The quantitative estimate of drug-likeness (QED) is 0.328. The zero-order chi connectivity index (χ0) is 17.4. The molecule has 0 aliphatic rings. The Bertz CT molecular complexity index is 1080. The number of hydrogen-bond acceptors (Lipinski definition) is 5. The molecule has 4 nitrogen and oxygen atoms in total. The molecule has 0 bridgehead atoms. The SMILES string of the molecule is O=C(c1ccccc1)c1cc(S)c2ooc2c1C(=O)c1ccccc1. The second kappa shape index (κ2) is 6.11. The summed E-state index contributed by atoms with van der Waals surface area (Å²) in [6, 6.07) is 19.1. The summed E-state index contributed by atoms with van der Waals surface area (Å²) < 4.78 is 9.97. The van der Waals surface area contributed by atoms with Crippen molar-refractivity contribution >= 4 is 35.4 Å². The minimum absolute atomic E-state index is 0.194. The van der Waals surface area contributed by atoms with Crippen LogP contribution in [0.1, 0.15) is 31.8 Å². The highest BCUT2D eigenvalue weighted by Gasteiger charge is 2.28. The van der Waals surface area contributed by atoms with E-state index >= 15 is 0 Å². The van der Waals surface area contributed by atoms with Gasteiger partial charge in [0.15, 0.2) is 11.6 Å². The lowest BCUT2D eigenvalue weighted by atomic mass is 9.92. The molecule has 4 rings (SSSR count). The van der Waals surface area contributed by atoms with Gasteiger partial charge < -0.3 is 0 Å². The number of fused-ring (bicyclic) bond motifs is 1. The van der Waals surface area contributed by atoms with Gasteiger partial charge in [0.25, 0.3) is 0 Å². The van der Waals surface area contributed by atoms with E-state index in [0.29, 0.717) is 21.6 Å². The van der Waals surface area contributed by atoms with Gasteiger partial charge in [-0.05, 0) is 6.07 Å². The molecule has 0 N–H and O–H groups in total. The van der Waals surface area contributed by atoms with E-state index in [1.165, 1.54) is 0 Å². The van der Waals surface area contributed by atoms with Crippen molar-refractivity contribution in [2.45, 2.75) is 4.90 Å². The Hall–Kier alpha value is -3.05. The molecule has 0 aliphatic carbocycles. The number of carbonyl (C=O) groups is 2. The van der Waals surface area contributed by atoms with Crippen molar-refractivity contribution in [3.63, 3.8) is 0 Å². The van der Waals surface area contributed by atoms with Crippen LogP contribution in [-0.4, -0.2) is 11.6 Å². The van der Waals surface area contributed by atoms with Crippen molar-refractivity contribution in [1.29, 1.82) is 0 Å². The van der Waals surface area contributed by atoms with Crippen LogP contribution in [0.2, 0.25) is 0 Å². The van der Waals surface area contributed by atoms with Crippen molar-refractivity contribution < 1.29 is 18.7 Å². The van der Waals surface area contributed by atoms with E-state index < -0.39 is 0 Å². The number of hydrogen-bond donors (Lipinski definition) is 1. The Morgan fingerprint density at radius 1 is 0.720 bits per heavy atom. The van der Waals surface area contributed by atoms with Gasteiger partial charge in [0.1, 0.15) is 0 Å². The molecule has 5 heteroatoms. The summed E-state index contributed by atoms with van der Waals surface area (Å²) in [4.78, 5) is 26.4. The molecule has 0 saturated heterocycles. The minimum atomic E-state index is -0.298. The molecule has 0 spiro atoms. The van der Waals surface area contributed by atoms with Crippen LogP contribution in [0.15, 0.2) is 80.8 Å². The normalized spacial score (nSPS) is 10.9. The number of ketones is 2. The fourth-order valence-electron chi connectivity index (χ4n) is 2.72. The van der Waals surface area contributed by atoms with Crippen molar-refractivity contribution in [3.8, 4) is 0 Å². The molecule has 1 aromatic heterocycles. The number of rotatable bonds is 4. The van der Waals surface area contributed by atoms with Gasteiger partial charge >= 0.3 is 0 Å². The monoisotopic (exact) mass is 348 g/mol. The molecule has 0 amide bonds. The van der Waals surface area contributed by atoms with E-state index in [1.807, 2.05) is 12.1 Å². The lowest BCUT2D eigenvalue weighted by Gasteiger charge is -2.12. The van der Waals surface area contributed by atoms with Gasteiger partial charge in [0, 0.05) is 16.7 Å². The lowest BCUT2D eigenvalue weighted by molar-refractivity contribution is 0.0551. The van der Waals surface area contributed by atoms with Crippen LogP contribution >= 0.6 is 12.6 Å². The zero-order valence-electron chi connectivity index (χ0n) is 12.9. The summed E-state index contributed by atoms with van der Waals surface area (Å²) in [5.41, 5.74) is 2.01. The Labute approximate surface area is 148 Å². The maximum Gasteiger partial charge on any atom is 0.239 e. The molecule has 25 heavy (non-hydrogen) atoms. The van der Waals surface area contributed by atoms with Crippen LogP contribution in [-0.2, 0) is 0 Å². The number of benzene rings is 3. The minimum Gasteiger partial charge on any atom is -0.289 e. The van der Waals surface area contributed by atoms with E-state index in [9.17, 15) is 9.59 Å². The van der Waals surface area contributed by atoms with Crippen molar-refractivity contribution in [2.24, 2.45) is 0 Å². The standard InChI is InChI=1S/C20H12O4S/c21-17(12-7-3-1-4-8-12)14-11-15(25)19-20(24-23-19)16(14)18(22)13-9-5-2-6-10-13/h1-11,25H. The van der Waals surface area contributed by atoms with Gasteiger partial charge in [0.05, 0.1) is 10.5 Å². The molecule has 0 aliphatic heterocycles. The van der Waals surface area contributed by atoms with Crippen molar-refractivity contribution in [1.82, 2.24) is 0 Å². The van der Waals surface area contributed by atoms with Gasteiger partial charge in [-0.1, -0.05) is 60.7 Å². The molecule has 3 aromatic carbocycles. The molecule has 0 atom stereocenters. The van der Waals surface area contributed by atoms with Crippen LogP contribution in [0.4, 0.5) is 0 Å². The summed E-state index contributed by atoms with van der Waals surface area (Å²) >= 11 is 4.33. The molecule has 1 heterocycles. The first-order valence-corrected chi connectivity index (χ1v) is 8.05. The van der Waals surface area contributed by atoms with E-state index in [1.54, 1.807) is 54.6 Å². The van der Waals surface area contributed by atoms with Crippen molar-refractivity contribution in [2.75, 3.05) is 0 Å². The molecular formula is C20H12O4S. The summed E-state index contributed by atoms with van der Waals surface area (Å²) in [6.07, 6.45) is 0. The van der Waals surface area contributed by atoms with E-state index in [-0.39, 0.29) is 28.3 Å². The van der Waals surface area contributed by atoms with Gasteiger partial charge in [0.2, 0.25) is 11.2 Å². The van der Waals surface area contributed by atoms with E-state index in [0.717, 1.165) is 0 Å². The molecule has 122 valence electrons. The first-order valence-electron chi connectivity index (χ1n) is 7.61. The van der Waals surface area contributed by atoms with Crippen LogP contribution < -0.4 is 0 Å². The molecule has 0 fully saturated rings. The average molecular weight is 348 g/mol. The molecule has 0 unspecified atom stereocenters. The topological polar surface area (TPSA) is 60.4 Å². The Morgan fingerprint density at radius 2 is 1.24 bits per heavy atom. The third-order valence-corrected chi connectivity index (χ3v) is 4.30. The fourth-order valence-corrected chi connectivity index (χ4v) is 2.99. The van der Waals surface area contributed by atoms with Crippen LogP contribution in [0, 0.1) is 0 Å². The lowest BCUT2D eigenvalue weighted by Crippen LogP contribution is -2.13. The highest BCUT2D eigenvalue weighted by molar-refractivity contribution is 7.80. The van der Waals surface area contributed by atoms with Crippen LogP contribution in [0.5, 0.6) is 0 Å². The van der Waals surface area contributed by atoms with Gasteiger partial charge in [-0.3, -0.25) is 18.7 Å². The smallest absolute Gasteiger partial charge is 0.239 e. The Balaban J connectivity index is 1.93. The van der Waals surface area contributed by atoms with E-state index in [4.69, 9.17) is 9.15 Å². The van der Waals surface area contributed by atoms with Crippen LogP contribution in [0.3, 0.4) is 0 Å². The maximum absolute atomic E-state index is 13.0. The molecular weight excluding hydrogens is 336 g/mol. The van der Waals surface area contributed by atoms with Gasteiger partial charge in [-0.25, -0.2) is 0 Å². The predicted octanol–water partition coefficient (Wildman–Crippen LogP) is 4.78. The molecule has 0 radical (unpaired) electrons. The summed E-state index contributed by atoms with van der Waals surface area (Å²) in [7, 11) is 0. The zero-order valence-corrected chi connectivity index (χ0v) is 13.8. The maximum atomic E-state index is 13.0. The summed E-state index contributed by atoms with van der Waals surface area (Å²) in [5.74, 6) is -0.568. The Kier molecular flexibility index (Phi) is 3.78. The largest absolute Gasteiger partial charge is 0.289 e. The number of carbonyl (C=O) groups excluding carboxylic acids is 2. The summed E-state index contributed by atoms with van der Waals surface area (Å²) in [5, 5.41) is 0. The van der Waals surface area contributed by atoms with Gasteiger partial charge in [-0.15, -0.1) is 12.6 Å². The highest BCUT2D eigenvalue weighted by Crippen LogP contribution is 2.34. The predicted molar refractivity (Wildman–Crippen MR) is 95.5 cm³/mol.